The summed E-state index contributed by atoms with van der Waals surface area (Å²) in [4.78, 5) is 2.42. The molecule has 5 nitrogen and oxygen atoms in total. The van der Waals surface area contributed by atoms with Gasteiger partial charge >= 0.3 is 0 Å². The predicted octanol–water partition coefficient (Wildman–Crippen LogP) is 1.70. The average Bonchev–Trinajstić information content (AvgIpc) is 2.50. The zero-order valence-electron chi connectivity index (χ0n) is 12.5. The number of nitrogens with zero attached hydrogens (tertiary/aromatic N) is 1. The van der Waals surface area contributed by atoms with Gasteiger partial charge < -0.3 is 18.9 Å². The van der Waals surface area contributed by atoms with Crippen LogP contribution in [0.2, 0.25) is 0 Å². The Kier molecular flexibility index (Phi) is 4.95. The van der Waals surface area contributed by atoms with Gasteiger partial charge in [0.15, 0.2) is 11.5 Å². The van der Waals surface area contributed by atoms with E-state index in [9.17, 15) is 0 Å². The number of fused-ring (bicyclic) bond motifs is 1. The molecule has 116 valence electrons. The summed E-state index contributed by atoms with van der Waals surface area (Å²) in [6.07, 6.45) is 1.18. The summed E-state index contributed by atoms with van der Waals surface area (Å²) >= 11 is 0. The van der Waals surface area contributed by atoms with Crippen LogP contribution >= 0.6 is 0 Å². The van der Waals surface area contributed by atoms with E-state index in [4.69, 9.17) is 18.9 Å². The van der Waals surface area contributed by atoms with Crippen molar-refractivity contribution < 1.29 is 18.9 Å². The molecule has 21 heavy (non-hydrogen) atoms. The largest absolute Gasteiger partial charge is 0.493 e. The van der Waals surface area contributed by atoms with E-state index in [0.717, 1.165) is 37.6 Å². The third-order valence-corrected chi connectivity index (χ3v) is 3.89. The highest BCUT2D eigenvalue weighted by molar-refractivity contribution is 5.46. The van der Waals surface area contributed by atoms with E-state index in [1.165, 1.54) is 5.56 Å². The minimum atomic E-state index is 0.174. The third-order valence-electron chi connectivity index (χ3n) is 3.89. The van der Waals surface area contributed by atoms with Gasteiger partial charge in [0, 0.05) is 25.2 Å². The van der Waals surface area contributed by atoms with Gasteiger partial charge in [-0.05, 0) is 12.5 Å². The van der Waals surface area contributed by atoms with Crippen LogP contribution in [0.5, 0.6) is 11.5 Å². The minimum Gasteiger partial charge on any atom is -0.493 e. The summed E-state index contributed by atoms with van der Waals surface area (Å²) in [6, 6.07) is 6.07. The van der Waals surface area contributed by atoms with Crippen LogP contribution in [-0.2, 0) is 16.0 Å². The predicted molar refractivity (Wildman–Crippen MR) is 78.9 cm³/mol. The van der Waals surface area contributed by atoms with Crippen LogP contribution in [0.1, 0.15) is 12.0 Å². The lowest BCUT2D eigenvalue weighted by Gasteiger charge is -2.31. The monoisotopic (exact) mass is 293 g/mol. The van der Waals surface area contributed by atoms with Crippen molar-refractivity contribution in [1.82, 2.24) is 4.90 Å². The maximum absolute atomic E-state index is 5.88. The molecular formula is C16H23NO4. The number of hydrogen-bond donors (Lipinski definition) is 0. The normalized spacial score (nSPS) is 23.6. The van der Waals surface area contributed by atoms with Crippen molar-refractivity contribution in [3.05, 3.63) is 23.8 Å². The van der Waals surface area contributed by atoms with Crippen LogP contribution in [0.25, 0.3) is 0 Å². The van der Waals surface area contributed by atoms with Gasteiger partial charge in [-0.3, -0.25) is 4.90 Å². The maximum atomic E-state index is 5.88. The molecule has 0 aliphatic carbocycles. The van der Waals surface area contributed by atoms with Crippen molar-refractivity contribution in [3.63, 3.8) is 0 Å². The first-order chi connectivity index (χ1) is 10.4. The first-order valence-corrected chi connectivity index (χ1v) is 7.57. The maximum Gasteiger partial charge on any atom is 0.165 e. The standard InChI is InChI=1S/C16H23NO4/c1-18-15-5-2-4-13-10-17(6-3-7-21-16(13)15)11-14-12-19-8-9-20-14/h2,4-5,14H,3,6-12H2,1H3/t14-/m0/s1. The van der Waals surface area contributed by atoms with Crippen LogP contribution in [0.3, 0.4) is 0 Å². The molecule has 0 spiro atoms. The van der Waals surface area contributed by atoms with Crippen molar-refractivity contribution in [2.45, 2.75) is 19.1 Å². The van der Waals surface area contributed by atoms with Crippen LogP contribution in [0.4, 0.5) is 0 Å². The molecule has 0 unspecified atom stereocenters. The van der Waals surface area contributed by atoms with Crippen molar-refractivity contribution >= 4 is 0 Å². The zero-order chi connectivity index (χ0) is 14.5. The van der Waals surface area contributed by atoms with Gasteiger partial charge in [0.2, 0.25) is 0 Å². The summed E-state index contributed by atoms with van der Waals surface area (Å²) in [5.41, 5.74) is 1.17. The molecule has 0 aromatic heterocycles. The lowest BCUT2D eigenvalue weighted by atomic mass is 10.1. The average molecular weight is 293 g/mol. The summed E-state index contributed by atoms with van der Waals surface area (Å²) in [6.45, 7) is 5.58. The van der Waals surface area contributed by atoms with Gasteiger partial charge in [0.1, 0.15) is 0 Å². The summed E-state index contributed by atoms with van der Waals surface area (Å²) in [7, 11) is 1.68. The van der Waals surface area contributed by atoms with Crippen molar-refractivity contribution in [2.75, 3.05) is 46.6 Å². The molecule has 1 fully saturated rings. The summed E-state index contributed by atoms with van der Waals surface area (Å²) in [5.74, 6) is 1.69. The first-order valence-electron chi connectivity index (χ1n) is 7.57. The molecule has 1 saturated heterocycles. The van der Waals surface area contributed by atoms with Gasteiger partial charge in [-0.25, -0.2) is 0 Å². The second kappa shape index (κ2) is 7.11. The van der Waals surface area contributed by atoms with Crippen LogP contribution in [0.15, 0.2) is 18.2 Å². The Morgan fingerprint density at radius 3 is 3.05 bits per heavy atom. The van der Waals surface area contributed by atoms with E-state index in [1.54, 1.807) is 7.11 Å². The summed E-state index contributed by atoms with van der Waals surface area (Å²) < 4.78 is 22.5. The number of rotatable bonds is 3. The molecule has 0 radical (unpaired) electrons. The molecular weight excluding hydrogens is 270 g/mol. The molecule has 5 heteroatoms. The molecule has 2 heterocycles. The van der Waals surface area contributed by atoms with Gasteiger partial charge in [0.25, 0.3) is 0 Å². The summed E-state index contributed by atoms with van der Waals surface area (Å²) in [5, 5.41) is 0. The molecule has 3 rings (SSSR count). The van der Waals surface area contributed by atoms with Gasteiger partial charge in [-0.15, -0.1) is 0 Å². The Hall–Kier alpha value is -1.30. The topological polar surface area (TPSA) is 40.2 Å². The second-order valence-corrected chi connectivity index (χ2v) is 5.45. The highest BCUT2D eigenvalue weighted by Crippen LogP contribution is 2.33. The van der Waals surface area contributed by atoms with Crippen molar-refractivity contribution in [2.24, 2.45) is 0 Å². The van der Waals surface area contributed by atoms with Crippen molar-refractivity contribution in [3.8, 4) is 11.5 Å². The van der Waals surface area contributed by atoms with Crippen LogP contribution < -0.4 is 9.47 Å². The Morgan fingerprint density at radius 2 is 2.24 bits per heavy atom. The van der Waals surface area contributed by atoms with E-state index < -0.39 is 0 Å². The van der Waals surface area contributed by atoms with Gasteiger partial charge in [0.05, 0.1) is 39.6 Å². The first kappa shape index (κ1) is 14.6. The second-order valence-electron chi connectivity index (χ2n) is 5.45. The van der Waals surface area contributed by atoms with Gasteiger partial charge in [-0.1, -0.05) is 12.1 Å². The minimum absolute atomic E-state index is 0.174. The zero-order valence-corrected chi connectivity index (χ0v) is 12.5. The van der Waals surface area contributed by atoms with E-state index in [0.29, 0.717) is 26.4 Å². The highest BCUT2D eigenvalue weighted by Gasteiger charge is 2.22. The van der Waals surface area contributed by atoms with Crippen LogP contribution in [0, 0.1) is 0 Å². The fraction of sp³-hybridized carbons (Fsp3) is 0.625. The molecule has 2 aliphatic heterocycles. The molecule has 0 bridgehead atoms. The number of benzene rings is 1. The molecule has 2 aliphatic rings. The van der Waals surface area contributed by atoms with E-state index >= 15 is 0 Å². The Morgan fingerprint density at radius 1 is 1.29 bits per heavy atom. The molecule has 1 aromatic carbocycles. The Labute approximate surface area is 125 Å². The molecule has 1 atom stereocenters. The third kappa shape index (κ3) is 3.67. The number of hydrogen-bond acceptors (Lipinski definition) is 5. The SMILES string of the molecule is COc1cccc2c1OCCCN(C[C@H]1COCCO1)C2. The highest BCUT2D eigenvalue weighted by atomic mass is 16.6. The van der Waals surface area contributed by atoms with Gasteiger partial charge in [-0.2, -0.15) is 0 Å². The fourth-order valence-electron chi connectivity index (χ4n) is 2.88. The smallest absolute Gasteiger partial charge is 0.165 e. The Balaban J connectivity index is 1.71. The van der Waals surface area contributed by atoms with Crippen molar-refractivity contribution in [1.29, 1.82) is 0 Å². The Bertz CT molecular complexity index is 460. The van der Waals surface area contributed by atoms with E-state index in [2.05, 4.69) is 11.0 Å². The van der Waals surface area contributed by atoms with E-state index in [-0.39, 0.29) is 6.10 Å². The molecule has 0 N–H and O–H groups in total. The van der Waals surface area contributed by atoms with Crippen LogP contribution in [-0.4, -0.2) is 57.6 Å². The number of para-hydroxylation sites is 1. The molecule has 1 aromatic rings. The fourth-order valence-corrected chi connectivity index (χ4v) is 2.88. The lowest BCUT2D eigenvalue weighted by Crippen LogP contribution is -2.40. The molecule has 0 amide bonds. The number of ether oxygens (including phenoxy) is 4. The molecule has 0 saturated carbocycles. The van der Waals surface area contributed by atoms with E-state index in [1.807, 2.05) is 12.1 Å². The number of methoxy groups -OCH3 is 1. The quantitative estimate of drug-likeness (QED) is 0.848. The lowest BCUT2D eigenvalue weighted by molar-refractivity contribution is -0.0986.